The van der Waals surface area contributed by atoms with E-state index < -0.39 is 0 Å². The van der Waals surface area contributed by atoms with Crippen LogP contribution in [0.3, 0.4) is 0 Å². The van der Waals surface area contributed by atoms with Crippen molar-refractivity contribution >= 4 is 44.9 Å². The Labute approximate surface area is 182 Å². The van der Waals surface area contributed by atoms with Crippen LogP contribution in [0.4, 0.5) is 5.69 Å². The average Bonchev–Trinajstić information content (AvgIpc) is 3.21. The standard InChI is InChI=1S/C23H18N2O3S2/c26-22(24-16-9-10-19-20(13-16)28-12-11-27-19)17-6-2-1-5-15(17)14-29-23-25-18-7-3-4-8-21(18)30-23/h1-10,13H,11-12,14H2,(H,24,26). The highest BCUT2D eigenvalue weighted by molar-refractivity contribution is 8.00. The summed E-state index contributed by atoms with van der Waals surface area (Å²) < 4.78 is 13.3. The zero-order chi connectivity index (χ0) is 20.3. The fraction of sp³-hybridized carbons (Fsp3) is 0.130. The number of aromatic nitrogens is 1. The highest BCUT2D eigenvalue weighted by Crippen LogP contribution is 2.34. The molecule has 0 fully saturated rings. The molecule has 150 valence electrons. The number of amides is 1. The average molecular weight is 435 g/mol. The van der Waals surface area contributed by atoms with E-state index >= 15 is 0 Å². The minimum Gasteiger partial charge on any atom is -0.486 e. The summed E-state index contributed by atoms with van der Waals surface area (Å²) in [6.45, 7) is 1.05. The van der Waals surface area contributed by atoms with Gasteiger partial charge in [0.25, 0.3) is 5.91 Å². The number of carbonyl (C=O) groups is 1. The Balaban J connectivity index is 1.32. The predicted molar refractivity (Wildman–Crippen MR) is 121 cm³/mol. The van der Waals surface area contributed by atoms with Crippen LogP contribution in [0.1, 0.15) is 15.9 Å². The molecule has 1 amide bonds. The summed E-state index contributed by atoms with van der Waals surface area (Å²) in [5, 5.41) is 2.97. The van der Waals surface area contributed by atoms with Crippen LogP contribution in [0.15, 0.2) is 71.1 Å². The summed E-state index contributed by atoms with van der Waals surface area (Å²) >= 11 is 3.32. The van der Waals surface area contributed by atoms with Crippen LogP contribution in [0, 0.1) is 0 Å². The van der Waals surface area contributed by atoms with Gasteiger partial charge in [0, 0.05) is 23.1 Å². The Morgan fingerprint density at radius 1 is 1.00 bits per heavy atom. The molecule has 0 bridgehead atoms. The van der Waals surface area contributed by atoms with Crippen molar-refractivity contribution in [2.24, 2.45) is 0 Å². The summed E-state index contributed by atoms with van der Waals surface area (Å²) in [6.07, 6.45) is 0. The molecule has 2 heterocycles. The van der Waals surface area contributed by atoms with Gasteiger partial charge in [-0.3, -0.25) is 4.79 Å². The van der Waals surface area contributed by atoms with Gasteiger partial charge >= 0.3 is 0 Å². The van der Waals surface area contributed by atoms with Crippen molar-refractivity contribution in [3.63, 3.8) is 0 Å². The van der Waals surface area contributed by atoms with Gasteiger partial charge in [-0.05, 0) is 35.9 Å². The first kappa shape index (κ1) is 19.0. The molecule has 7 heteroatoms. The second kappa shape index (κ2) is 8.38. The van der Waals surface area contributed by atoms with Gasteiger partial charge in [-0.2, -0.15) is 0 Å². The first-order valence-corrected chi connectivity index (χ1v) is 11.3. The fourth-order valence-electron chi connectivity index (χ4n) is 3.24. The van der Waals surface area contributed by atoms with Crippen LogP contribution in [0.2, 0.25) is 0 Å². The molecule has 4 aromatic rings. The van der Waals surface area contributed by atoms with Crippen molar-refractivity contribution in [3.05, 3.63) is 77.9 Å². The number of benzene rings is 3. The van der Waals surface area contributed by atoms with Crippen molar-refractivity contribution in [1.29, 1.82) is 0 Å². The minimum absolute atomic E-state index is 0.146. The van der Waals surface area contributed by atoms with E-state index in [1.54, 1.807) is 29.2 Å². The number of fused-ring (bicyclic) bond motifs is 2. The molecule has 5 nitrogen and oxygen atoms in total. The molecule has 0 saturated carbocycles. The van der Waals surface area contributed by atoms with E-state index in [0.29, 0.717) is 41.7 Å². The second-order valence-electron chi connectivity index (χ2n) is 6.71. The Kier molecular flexibility index (Phi) is 5.29. The van der Waals surface area contributed by atoms with Gasteiger partial charge in [0.15, 0.2) is 15.8 Å². The normalized spacial score (nSPS) is 12.7. The summed E-state index contributed by atoms with van der Waals surface area (Å²) in [5.74, 6) is 1.88. The van der Waals surface area contributed by atoms with Crippen molar-refractivity contribution in [2.45, 2.75) is 10.1 Å². The van der Waals surface area contributed by atoms with E-state index in [-0.39, 0.29) is 5.91 Å². The number of thiazole rings is 1. The van der Waals surface area contributed by atoms with Gasteiger partial charge in [-0.15, -0.1) is 11.3 Å². The molecule has 0 radical (unpaired) electrons. The van der Waals surface area contributed by atoms with Gasteiger partial charge < -0.3 is 14.8 Å². The van der Waals surface area contributed by atoms with Gasteiger partial charge in [-0.1, -0.05) is 42.1 Å². The number of nitrogens with one attached hydrogen (secondary N) is 1. The zero-order valence-corrected chi connectivity index (χ0v) is 17.6. The predicted octanol–water partition coefficient (Wildman–Crippen LogP) is 5.61. The van der Waals surface area contributed by atoms with Gasteiger partial charge in [0.05, 0.1) is 10.2 Å². The Morgan fingerprint density at radius 2 is 1.80 bits per heavy atom. The summed E-state index contributed by atoms with van der Waals surface area (Å²) in [4.78, 5) is 17.6. The lowest BCUT2D eigenvalue weighted by molar-refractivity contribution is 0.102. The monoisotopic (exact) mass is 434 g/mol. The van der Waals surface area contributed by atoms with Crippen molar-refractivity contribution in [1.82, 2.24) is 4.98 Å². The molecule has 30 heavy (non-hydrogen) atoms. The molecule has 1 aliphatic rings. The third-order valence-corrected chi connectivity index (χ3v) is 6.92. The molecule has 0 unspecified atom stereocenters. The Hall–Kier alpha value is -3.03. The maximum absolute atomic E-state index is 12.9. The van der Waals surface area contributed by atoms with Gasteiger partial charge in [0.2, 0.25) is 0 Å². The molecular weight excluding hydrogens is 416 g/mol. The molecule has 5 rings (SSSR count). The van der Waals surface area contributed by atoms with E-state index in [0.717, 1.165) is 15.4 Å². The maximum Gasteiger partial charge on any atom is 0.255 e. The maximum atomic E-state index is 12.9. The van der Waals surface area contributed by atoms with Crippen LogP contribution in [-0.4, -0.2) is 24.1 Å². The molecule has 0 atom stereocenters. The van der Waals surface area contributed by atoms with E-state index in [2.05, 4.69) is 16.4 Å². The van der Waals surface area contributed by atoms with E-state index in [1.165, 1.54) is 4.70 Å². The van der Waals surface area contributed by atoms with Crippen molar-refractivity contribution in [2.75, 3.05) is 18.5 Å². The molecule has 1 N–H and O–H groups in total. The number of ether oxygens (including phenoxy) is 2. The number of anilines is 1. The number of para-hydroxylation sites is 1. The van der Waals surface area contributed by atoms with Crippen LogP contribution >= 0.6 is 23.1 Å². The van der Waals surface area contributed by atoms with E-state index in [4.69, 9.17) is 9.47 Å². The SMILES string of the molecule is O=C(Nc1ccc2c(c1)OCCO2)c1ccccc1CSc1nc2ccccc2s1. The second-order valence-corrected chi connectivity index (χ2v) is 8.96. The fourth-order valence-corrected chi connectivity index (χ4v) is 5.31. The lowest BCUT2D eigenvalue weighted by Crippen LogP contribution is -2.17. The Bertz CT molecular complexity index is 1190. The zero-order valence-electron chi connectivity index (χ0n) is 16.0. The smallest absolute Gasteiger partial charge is 0.255 e. The Morgan fingerprint density at radius 3 is 2.70 bits per heavy atom. The van der Waals surface area contributed by atoms with E-state index in [9.17, 15) is 4.79 Å². The summed E-state index contributed by atoms with van der Waals surface area (Å²) in [5.41, 5.74) is 3.31. The molecule has 0 aliphatic carbocycles. The highest BCUT2D eigenvalue weighted by atomic mass is 32.2. The number of nitrogens with zero attached hydrogens (tertiary/aromatic N) is 1. The number of thioether (sulfide) groups is 1. The molecule has 3 aromatic carbocycles. The molecule has 1 aromatic heterocycles. The third kappa shape index (κ3) is 3.99. The molecular formula is C23H18N2O3S2. The lowest BCUT2D eigenvalue weighted by Gasteiger charge is -2.19. The van der Waals surface area contributed by atoms with Crippen LogP contribution < -0.4 is 14.8 Å². The first-order valence-electron chi connectivity index (χ1n) is 9.53. The first-order chi connectivity index (χ1) is 14.8. The van der Waals surface area contributed by atoms with Gasteiger partial charge in [0.1, 0.15) is 13.2 Å². The minimum atomic E-state index is -0.146. The number of hydrogen-bond donors (Lipinski definition) is 1. The topological polar surface area (TPSA) is 60.5 Å². The lowest BCUT2D eigenvalue weighted by atomic mass is 10.1. The quantitative estimate of drug-likeness (QED) is 0.414. The number of carbonyl (C=O) groups excluding carboxylic acids is 1. The third-order valence-electron chi connectivity index (χ3n) is 4.69. The molecule has 0 saturated heterocycles. The van der Waals surface area contributed by atoms with Crippen LogP contribution in [-0.2, 0) is 5.75 Å². The molecule has 1 aliphatic heterocycles. The number of hydrogen-bond acceptors (Lipinski definition) is 6. The summed E-state index contributed by atoms with van der Waals surface area (Å²) in [7, 11) is 0. The number of rotatable bonds is 5. The van der Waals surface area contributed by atoms with Crippen LogP contribution in [0.5, 0.6) is 11.5 Å². The molecule has 0 spiro atoms. The van der Waals surface area contributed by atoms with Crippen LogP contribution in [0.25, 0.3) is 10.2 Å². The van der Waals surface area contributed by atoms with Crippen molar-refractivity contribution in [3.8, 4) is 11.5 Å². The van der Waals surface area contributed by atoms with E-state index in [1.807, 2.05) is 54.6 Å². The van der Waals surface area contributed by atoms with Gasteiger partial charge in [-0.25, -0.2) is 4.98 Å². The highest BCUT2D eigenvalue weighted by Gasteiger charge is 2.16. The largest absolute Gasteiger partial charge is 0.486 e. The van der Waals surface area contributed by atoms with Crippen molar-refractivity contribution < 1.29 is 14.3 Å². The summed E-state index contributed by atoms with van der Waals surface area (Å²) in [6, 6.07) is 21.2.